The summed E-state index contributed by atoms with van der Waals surface area (Å²) in [5.74, 6) is 0.738. The Kier molecular flexibility index (Phi) is 3.02. The standard InChI is InChI=1S/C10H14N4O2/c1-7-2-8(16-13-7)4-14-6-12-3-10(14)9(11)5-15/h2-3,6,9,15H,4-5,11H2,1H3. The van der Waals surface area contributed by atoms with E-state index in [2.05, 4.69) is 10.1 Å². The van der Waals surface area contributed by atoms with E-state index in [0.717, 1.165) is 17.1 Å². The van der Waals surface area contributed by atoms with Crippen LogP contribution in [0, 0.1) is 6.92 Å². The van der Waals surface area contributed by atoms with Gasteiger partial charge in [-0.15, -0.1) is 0 Å². The zero-order valence-electron chi connectivity index (χ0n) is 9.00. The molecule has 1 atom stereocenters. The van der Waals surface area contributed by atoms with Crippen LogP contribution in [-0.2, 0) is 6.54 Å². The number of aliphatic hydroxyl groups excluding tert-OH is 1. The van der Waals surface area contributed by atoms with Crippen molar-refractivity contribution >= 4 is 0 Å². The fourth-order valence-corrected chi connectivity index (χ4v) is 1.52. The molecule has 0 aliphatic carbocycles. The van der Waals surface area contributed by atoms with Crippen molar-refractivity contribution in [2.45, 2.75) is 19.5 Å². The third-order valence-electron chi connectivity index (χ3n) is 2.32. The number of aromatic nitrogens is 3. The van der Waals surface area contributed by atoms with Gasteiger partial charge >= 0.3 is 0 Å². The second-order valence-corrected chi connectivity index (χ2v) is 3.67. The molecule has 0 radical (unpaired) electrons. The number of hydrogen-bond acceptors (Lipinski definition) is 5. The van der Waals surface area contributed by atoms with Crippen LogP contribution in [0.15, 0.2) is 23.1 Å². The van der Waals surface area contributed by atoms with Crippen molar-refractivity contribution in [2.24, 2.45) is 5.73 Å². The van der Waals surface area contributed by atoms with Crippen molar-refractivity contribution in [3.8, 4) is 0 Å². The normalized spacial score (nSPS) is 12.9. The highest BCUT2D eigenvalue weighted by atomic mass is 16.5. The Morgan fingerprint density at radius 2 is 2.44 bits per heavy atom. The van der Waals surface area contributed by atoms with Crippen LogP contribution >= 0.6 is 0 Å². The highest BCUT2D eigenvalue weighted by Gasteiger charge is 2.12. The maximum atomic E-state index is 9.00. The first-order chi connectivity index (χ1) is 7.70. The monoisotopic (exact) mass is 222 g/mol. The number of aryl methyl sites for hydroxylation is 1. The molecule has 0 aliphatic rings. The van der Waals surface area contributed by atoms with Crippen molar-refractivity contribution in [2.75, 3.05) is 6.61 Å². The summed E-state index contributed by atoms with van der Waals surface area (Å²) >= 11 is 0. The molecule has 0 saturated carbocycles. The van der Waals surface area contributed by atoms with Gasteiger partial charge in [-0.3, -0.25) is 0 Å². The SMILES string of the molecule is Cc1cc(Cn2cncc2C(N)CO)on1. The molecule has 2 aromatic heterocycles. The smallest absolute Gasteiger partial charge is 0.156 e. The van der Waals surface area contributed by atoms with Crippen molar-refractivity contribution in [3.63, 3.8) is 0 Å². The van der Waals surface area contributed by atoms with Gasteiger partial charge in [-0.2, -0.15) is 0 Å². The average Bonchev–Trinajstić information content (AvgIpc) is 2.87. The Hall–Kier alpha value is -1.66. The van der Waals surface area contributed by atoms with E-state index in [1.807, 2.05) is 17.6 Å². The molecule has 0 bridgehead atoms. The fraction of sp³-hybridized carbons (Fsp3) is 0.400. The summed E-state index contributed by atoms with van der Waals surface area (Å²) in [5, 5.41) is 12.8. The Morgan fingerprint density at radius 1 is 1.62 bits per heavy atom. The molecular weight excluding hydrogens is 208 g/mol. The molecule has 16 heavy (non-hydrogen) atoms. The molecule has 2 heterocycles. The molecule has 0 amide bonds. The summed E-state index contributed by atoms with van der Waals surface area (Å²) in [6, 6.07) is 1.43. The first-order valence-electron chi connectivity index (χ1n) is 4.99. The molecule has 0 aliphatic heterocycles. The predicted octanol–water partition coefficient (Wildman–Crippen LogP) is 0.220. The van der Waals surface area contributed by atoms with Gasteiger partial charge in [0.2, 0.25) is 0 Å². The molecule has 0 fully saturated rings. The van der Waals surface area contributed by atoms with Gasteiger partial charge in [0.25, 0.3) is 0 Å². The Morgan fingerprint density at radius 3 is 3.06 bits per heavy atom. The minimum absolute atomic E-state index is 0.110. The van der Waals surface area contributed by atoms with E-state index in [9.17, 15) is 0 Å². The molecule has 2 aromatic rings. The zero-order chi connectivity index (χ0) is 11.5. The van der Waals surface area contributed by atoms with Crippen LogP contribution < -0.4 is 5.73 Å². The van der Waals surface area contributed by atoms with E-state index in [1.54, 1.807) is 12.5 Å². The number of nitrogens with two attached hydrogens (primary N) is 1. The van der Waals surface area contributed by atoms with E-state index in [1.165, 1.54) is 0 Å². The summed E-state index contributed by atoms with van der Waals surface area (Å²) in [4.78, 5) is 4.00. The number of aliphatic hydroxyl groups is 1. The lowest BCUT2D eigenvalue weighted by atomic mass is 10.2. The molecule has 3 N–H and O–H groups in total. The number of imidazole rings is 1. The van der Waals surface area contributed by atoms with Gasteiger partial charge in [0.15, 0.2) is 5.76 Å². The van der Waals surface area contributed by atoms with Gasteiger partial charge in [0.05, 0.1) is 36.9 Å². The maximum Gasteiger partial charge on any atom is 0.156 e. The van der Waals surface area contributed by atoms with Gasteiger partial charge in [0, 0.05) is 12.3 Å². The molecule has 0 saturated heterocycles. The van der Waals surface area contributed by atoms with Crippen LogP contribution in [0.25, 0.3) is 0 Å². The number of nitrogens with zero attached hydrogens (tertiary/aromatic N) is 3. The lowest BCUT2D eigenvalue weighted by molar-refractivity contribution is 0.262. The molecule has 0 spiro atoms. The van der Waals surface area contributed by atoms with Gasteiger partial charge in [-0.05, 0) is 6.92 Å². The van der Waals surface area contributed by atoms with E-state index in [-0.39, 0.29) is 6.61 Å². The minimum atomic E-state index is -0.425. The largest absolute Gasteiger partial charge is 0.394 e. The maximum absolute atomic E-state index is 9.00. The predicted molar refractivity (Wildman–Crippen MR) is 56.6 cm³/mol. The molecule has 86 valence electrons. The van der Waals surface area contributed by atoms with Gasteiger partial charge in [0.1, 0.15) is 0 Å². The van der Waals surface area contributed by atoms with Crippen LogP contribution in [0.4, 0.5) is 0 Å². The van der Waals surface area contributed by atoms with Crippen LogP contribution in [0.2, 0.25) is 0 Å². The Labute approximate surface area is 92.7 Å². The number of hydrogen-bond donors (Lipinski definition) is 2. The van der Waals surface area contributed by atoms with E-state index in [0.29, 0.717) is 6.54 Å². The first kappa shape index (κ1) is 10.8. The van der Waals surface area contributed by atoms with E-state index in [4.69, 9.17) is 15.4 Å². The Bertz CT molecular complexity index is 463. The number of rotatable bonds is 4. The van der Waals surface area contributed by atoms with Crippen LogP contribution in [0.3, 0.4) is 0 Å². The van der Waals surface area contributed by atoms with Crippen LogP contribution in [0.5, 0.6) is 0 Å². The van der Waals surface area contributed by atoms with Crippen molar-refractivity contribution in [1.82, 2.24) is 14.7 Å². The molecule has 6 nitrogen and oxygen atoms in total. The average molecular weight is 222 g/mol. The van der Waals surface area contributed by atoms with E-state index < -0.39 is 6.04 Å². The van der Waals surface area contributed by atoms with Crippen LogP contribution in [-0.4, -0.2) is 26.4 Å². The summed E-state index contributed by atoms with van der Waals surface area (Å²) in [5.41, 5.74) is 7.35. The molecule has 6 heteroatoms. The highest BCUT2D eigenvalue weighted by Crippen LogP contribution is 2.12. The van der Waals surface area contributed by atoms with Crippen molar-refractivity contribution in [1.29, 1.82) is 0 Å². The molecule has 1 unspecified atom stereocenters. The fourth-order valence-electron chi connectivity index (χ4n) is 1.52. The third-order valence-corrected chi connectivity index (χ3v) is 2.32. The van der Waals surface area contributed by atoms with Gasteiger partial charge in [-0.1, -0.05) is 5.16 Å². The minimum Gasteiger partial charge on any atom is -0.394 e. The molecular formula is C10H14N4O2. The van der Waals surface area contributed by atoms with Gasteiger partial charge < -0.3 is 19.9 Å². The lowest BCUT2D eigenvalue weighted by Crippen LogP contribution is -2.18. The Balaban J connectivity index is 2.18. The quantitative estimate of drug-likeness (QED) is 0.772. The second-order valence-electron chi connectivity index (χ2n) is 3.67. The third kappa shape index (κ3) is 2.12. The topological polar surface area (TPSA) is 90.1 Å². The van der Waals surface area contributed by atoms with Crippen LogP contribution in [0.1, 0.15) is 23.2 Å². The van der Waals surface area contributed by atoms with Crippen molar-refractivity contribution in [3.05, 3.63) is 35.7 Å². The molecule has 0 aromatic carbocycles. The zero-order valence-corrected chi connectivity index (χ0v) is 9.00. The summed E-state index contributed by atoms with van der Waals surface area (Å²) in [7, 11) is 0. The lowest BCUT2D eigenvalue weighted by Gasteiger charge is -2.10. The van der Waals surface area contributed by atoms with Crippen molar-refractivity contribution < 1.29 is 9.63 Å². The summed E-state index contributed by atoms with van der Waals surface area (Å²) in [6.45, 7) is 2.27. The van der Waals surface area contributed by atoms with Gasteiger partial charge in [-0.25, -0.2) is 4.98 Å². The van der Waals surface area contributed by atoms with E-state index >= 15 is 0 Å². The molecule has 2 rings (SSSR count). The summed E-state index contributed by atoms with van der Waals surface area (Å²) in [6.07, 6.45) is 3.30. The second kappa shape index (κ2) is 4.46. The highest BCUT2D eigenvalue weighted by molar-refractivity contribution is 5.09. The first-order valence-corrected chi connectivity index (χ1v) is 4.99. The summed E-state index contributed by atoms with van der Waals surface area (Å²) < 4.78 is 6.94.